The van der Waals surface area contributed by atoms with Crippen LogP contribution in [0.2, 0.25) is 0 Å². The molecule has 3 N–H and O–H groups in total. The largest absolute Gasteiger partial charge is 0.467 e. The first kappa shape index (κ1) is 24.8. The summed E-state index contributed by atoms with van der Waals surface area (Å²) in [5.41, 5.74) is 0.925. The molecule has 0 aliphatic carbocycles. The summed E-state index contributed by atoms with van der Waals surface area (Å²) in [5.74, 6) is -1.25. The molecule has 1 rings (SSSR count). The van der Waals surface area contributed by atoms with E-state index in [1.165, 1.54) is 18.9 Å². The highest BCUT2D eigenvalue weighted by molar-refractivity contribution is 5.90. The van der Waals surface area contributed by atoms with E-state index in [0.29, 0.717) is 13.1 Å². The van der Waals surface area contributed by atoms with Crippen molar-refractivity contribution in [3.63, 3.8) is 0 Å². The molecule has 0 saturated carbocycles. The van der Waals surface area contributed by atoms with Gasteiger partial charge in [0.2, 0.25) is 5.91 Å². The second kappa shape index (κ2) is 13.0. The molecule has 0 aliphatic rings. The summed E-state index contributed by atoms with van der Waals surface area (Å²) >= 11 is 0. The standard InChI is InChI=1S/C21H31N5O4/c1-15(2)18(19(27)24-16(3)20(28)30-4)25-21(29)26(13-8-11-22)14-12-23-17-9-6-5-7-10-17/h5-7,9-10,15-16,18,23H,8,12-14H2,1-4H3,(H,24,27)(H,25,29)/t16-,18-/m0/s1. The van der Waals surface area contributed by atoms with E-state index in [0.717, 1.165) is 5.69 Å². The summed E-state index contributed by atoms with van der Waals surface area (Å²) in [6.45, 7) is 6.18. The first-order chi connectivity index (χ1) is 14.3. The molecule has 30 heavy (non-hydrogen) atoms. The third-order valence-electron chi connectivity index (χ3n) is 4.41. The molecule has 2 atom stereocenters. The van der Waals surface area contributed by atoms with Gasteiger partial charge in [0.05, 0.1) is 19.6 Å². The van der Waals surface area contributed by atoms with Gasteiger partial charge in [-0.25, -0.2) is 9.59 Å². The van der Waals surface area contributed by atoms with Gasteiger partial charge in [-0.15, -0.1) is 0 Å². The minimum absolute atomic E-state index is 0.177. The van der Waals surface area contributed by atoms with Crippen LogP contribution in [0.15, 0.2) is 30.3 Å². The molecular formula is C21H31N5O4. The van der Waals surface area contributed by atoms with Crippen molar-refractivity contribution in [3.05, 3.63) is 30.3 Å². The number of benzene rings is 1. The normalized spacial score (nSPS) is 12.3. The molecule has 0 unspecified atom stereocenters. The topological polar surface area (TPSA) is 124 Å². The molecular weight excluding hydrogens is 386 g/mol. The zero-order valence-electron chi connectivity index (χ0n) is 18.0. The second-order valence-electron chi connectivity index (χ2n) is 7.11. The average Bonchev–Trinajstić information content (AvgIpc) is 2.73. The second-order valence-corrected chi connectivity index (χ2v) is 7.11. The summed E-state index contributed by atoms with van der Waals surface area (Å²) < 4.78 is 4.61. The Kier molecular flexibility index (Phi) is 10.8. The van der Waals surface area contributed by atoms with Crippen molar-refractivity contribution in [1.29, 1.82) is 5.26 Å². The van der Waals surface area contributed by atoms with Gasteiger partial charge >= 0.3 is 12.0 Å². The van der Waals surface area contributed by atoms with Crippen LogP contribution in [0.25, 0.3) is 0 Å². The molecule has 9 heteroatoms. The fourth-order valence-corrected chi connectivity index (χ4v) is 2.69. The van der Waals surface area contributed by atoms with Crippen LogP contribution in [0, 0.1) is 17.2 Å². The number of ether oxygens (including phenoxy) is 1. The van der Waals surface area contributed by atoms with E-state index in [1.54, 1.807) is 13.8 Å². The van der Waals surface area contributed by atoms with Gasteiger partial charge in [-0.05, 0) is 25.0 Å². The Morgan fingerprint density at radius 2 is 1.77 bits per heavy atom. The van der Waals surface area contributed by atoms with E-state index in [4.69, 9.17) is 5.26 Å². The van der Waals surface area contributed by atoms with Crippen LogP contribution in [0.3, 0.4) is 0 Å². The Hall–Kier alpha value is -3.28. The molecule has 0 aliphatic heterocycles. The van der Waals surface area contributed by atoms with Gasteiger partial charge in [0, 0.05) is 25.3 Å². The maximum absolute atomic E-state index is 12.8. The van der Waals surface area contributed by atoms with Crippen LogP contribution in [0.4, 0.5) is 10.5 Å². The van der Waals surface area contributed by atoms with Crippen molar-refractivity contribution in [2.24, 2.45) is 5.92 Å². The van der Waals surface area contributed by atoms with Crippen molar-refractivity contribution in [3.8, 4) is 6.07 Å². The van der Waals surface area contributed by atoms with Gasteiger partial charge in [0.1, 0.15) is 12.1 Å². The monoisotopic (exact) mass is 417 g/mol. The minimum Gasteiger partial charge on any atom is -0.467 e. The third kappa shape index (κ3) is 8.39. The molecule has 0 aromatic heterocycles. The van der Waals surface area contributed by atoms with Gasteiger partial charge in [0.25, 0.3) is 0 Å². The number of amides is 3. The molecule has 0 saturated heterocycles. The fraction of sp³-hybridized carbons (Fsp3) is 0.524. The molecule has 1 aromatic rings. The van der Waals surface area contributed by atoms with E-state index in [-0.39, 0.29) is 18.9 Å². The molecule has 1 aromatic carbocycles. The maximum atomic E-state index is 12.8. The quantitative estimate of drug-likeness (QED) is 0.471. The van der Waals surface area contributed by atoms with Crippen molar-refractivity contribution >= 4 is 23.6 Å². The number of nitriles is 1. The number of nitrogens with one attached hydrogen (secondary N) is 3. The summed E-state index contributed by atoms with van der Waals surface area (Å²) in [6, 6.07) is 9.48. The first-order valence-electron chi connectivity index (χ1n) is 9.89. The number of anilines is 1. The average molecular weight is 418 g/mol. The number of carbonyl (C=O) groups is 3. The number of nitrogens with zero attached hydrogens (tertiary/aromatic N) is 2. The number of methoxy groups -OCH3 is 1. The third-order valence-corrected chi connectivity index (χ3v) is 4.41. The lowest BCUT2D eigenvalue weighted by molar-refractivity contribution is -0.144. The molecule has 0 fully saturated rings. The minimum atomic E-state index is -0.837. The molecule has 9 nitrogen and oxygen atoms in total. The van der Waals surface area contributed by atoms with Gasteiger partial charge in [0.15, 0.2) is 0 Å². The number of para-hydroxylation sites is 1. The van der Waals surface area contributed by atoms with Crippen LogP contribution in [-0.4, -0.2) is 61.6 Å². The molecule has 0 radical (unpaired) electrons. The molecule has 0 bridgehead atoms. The summed E-state index contributed by atoms with van der Waals surface area (Å²) in [4.78, 5) is 38.4. The van der Waals surface area contributed by atoms with Crippen LogP contribution in [-0.2, 0) is 14.3 Å². The zero-order valence-corrected chi connectivity index (χ0v) is 18.0. The van der Waals surface area contributed by atoms with E-state index in [9.17, 15) is 14.4 Å². The lowest BCUT2D eigenvalue weighted by Crippen LogP contribution is -2.56. The zero-order chi connectivity index (χ0) is 22.5. The fourth-order valence-electron chi connectivity index (χ4n) is 2.69. The summed E-state index contributed by atoms with van der Waals surface area (Å²) in [7, 11) is 1.24. The van der Waals surface area contributed by atoms with E-state index >= 15 is 0 Å². The van der Waals surface area contributed by atoms with Crippen LogP contribution in [0.1, 0.15) is 27.2 Å². The van der Waals surface area contributed by atoms with Gasteiger partial charge in [-0.2, -0.15) is 5.26 Å². The lowest BCUT2D eigenvalue weighted by atomic mass is 10.0. The highest BCUT2D eigenvalue weighted by atomic mass is 16.5. The summed E-state index contributed by atoms with van der Waals surface area (Å²) in [6.07, 6.45) is 0.177. The molecule has 0 heterocycles. The highest BCUT2D eigenvalue weighted by Gasteiger charge is 2.28. The number of hydrogen-bond donors (Lipinski definition) is 3. The smallest absolute Gasteiger partial charge is 0.328 e. The Morgan fingerprint density at radius 1 is 1.10 bits per heavy atom. The van der Waals surface area contributed by atoms with Crippen LogP contribution < -0.4 is 16.0 Å². The van der Waals surface area contributed by atoms with Gasteiger partial charge in [-0.1, -0.05) is 32.0 Å². The van der Waals surface area contributed by atoms with Crippen molar-refractivity contribution in [1.82, 2.24) is 15.5 Å². The predicted octanol–water partition coefficient (Wildman–Crippen LogP) is 1.73. The van der Waals surface area contributed by atoms with E-state index < -0.39 is 30.0 Å². The van der Waals surface area contributed by atoms with Gasteiger partial charge < -0.3 is 25.6 Å². The summed E-state index contributed by atoms with van der Waals surface area (Å²) in [5, 5.41) is 17.4. The van der Waals surface area contributed by atoms with Crippen molar-refractivity contribution < 1.29 is 19.1 Å². The first-order valence-corrected chi connectivity index (χ1v) is 9.89. The predicted molar refractivity (Wildman–Crippen MR) is 114 cm³/mol. The van der Waals surface area contributed by atoms with Crippen molar-refractivity contribution in [2.75, 3.05) is 32.1 Å². The Morgan fingerprint density at radius 3 is 2.33 bits per heavy atom. The maximum Gasteiger partial charge on any atom is 0.328 e. The van der Waals surface area contributed by atoms with Gasteiger partial charge in [-0.3, -0.25) is 4.79 Å². The number of carbonyl (C=O) groups excluding carboxylic acids is 3. The number of hydrogen-bond acceptors (Lipinski definition) is 6. The number of rotatable bonds is 11. The van der Waals surface area contributed by atoms with E-state index in [2.05, 4.69) is 20.7 Å². The molecule has 164 valence electrons. The van der Waals surface area contributed by atoms with Crippen LogP contribution >= 0.6 is 0 Å². The Bertz CT molecular complexity index is 733. The Labute approximate surface area is 177 Å². The van der Waals surface area contributed by atoms with E-state index in [1.807, 2.05) is 36.4 Å². The van der Waals surface area contributed by atoms with Crippen molar-refractivity contribution in [2.45, 2.75) is 39.3 Å². The molecule has 0 spiro atoms. The number of urea groups is 1. The Balaban J connectivity index is 2.73. The molecule has 3 amide bonds. The van der Waals surface area contributed by atoms with Crippen LogP contribution in [0.5, 0.6) is 0 Å². The SMILES string of the molecule is COC(=O)[C@H](C)NC(=O)[C@@H](NC(=O)N(CCC#N)CCNc1ccccc1)C(C)C. The number of esters is 1. The lowest BCUT2D eigenvalue weighted by Gasteiger charge is -2.28. The highest BCUT2D eigenvalue weighted by Crippen LogP contribution is 2.07.